The number of hydrogen-bond acceptors (Lipinski definition) is 4. The van der Waals surface area contributed by atoms with Crippen LogP contribution in [0.3, 0.4) is 0 Å². The van der Waals surface area contributed by atoms with E-state index in [1.165, 1.54) is 18.2 Å². The van der Waals surface area contributed by atoms with Crippen LogP contribution in [0.4, 0.5) is 8.78 Å². The number of fused-ring (bicyclic) bond motifs is 1. The van der Waals surface area contributed by atoms with Gasteiger partial charge in [-0.3, -0.25) is 14.5 Å². The molecular weight excluding hydrogens is 448 g/mol. The lowest BCUT2D eigenvalue weighted by molar-refractivity contribution is -0.116. The van der Waals surface area contributed by atoms with Crippen LogP contribution < -0.4 is 5.32 Å². The van der Waals surface area contributed by atoms with Gasteiger partial charge in [-0.15, -0.1) is 0 Å². The molecule has 0 bridgehead atoms. The number of rotatable bonds is 7. The molecule has 2 aromatic rings. The van der Waals surface area contributed by atoms with Crippen LogP contribution in [-0.2, 0) is 16.1 Å². The molecule has 3 atom stereocenters. The maximum absolute atomic E-state index is 14.9. The molecule has 35 heavy (non-hydrogen) atoms. The topological polar surface area (TPSA) is 52.6 Å². The van der Waals surface area contributed by atoms with Crippen LogP contribution in [-0.4, -0.2) is 47.2 Å². The maximum Gasteiger partial charge on any atom is 0.254 e. The van der Waals surface area contributed by atoms with E-state index < -0.39 is 11.9 Å². The smallest absolute Gasteiger partial charge is 0.254 e. The number of likely N-dealkylation sites (tertiary alicyclic amines) is 1. The van der Waals surface area contributed by atoms with Gasteiger partial charge in [0.15, 0.2) is 0 Å². The molecule has 1 aliphatic carbocycles. The molecule has 1 saturated carbocycles. The van der Waals surface area contributed by atoms with Crippen molar-refractivity contribution in [1.82, 2.24) is 15.1 Å². The predicted molar refractivity (Wildman–Crippen MR) is 130 cm³/mol. The lowest BCUT2D eigenvalue weighted by Crippen LogP contribution is -2.42. The highest BCUT2D eigenvalue weighted by molar-refractivity contribution is 6.21. The fourth-order valence-corrected chi connectivity index (χ4v) is 5.67. The molecule has 5 rings (SSSR count). The van der Waals surface area contributed by atoms with Crippen molar-refractivity contribution in [2.75, 3.05) is 19.6 Å². The number of allylic oxidation sites excluding steroid dienone is 1. The van der Waals surface area contributed by atoms with Crippen molar-refractivity contribution in [2.24, 2.45) is 5.92 Å². The second-order valence-electron chi connectivity index (χ2n) is 9.81. The van der Waals surface area contributed by atoms with Gasteiger partial charge >= 0.3 is 0 Å². The third-order valence-electron chi connectivity index (χ3n) is 7.71. The lowest BCUT2D eigenvalue weighted by Gasteiger charge is -2.37. The van der Waals surface area contributed by atoms with Gasteiger partial charge in [0.2, 0.25) is 0 Å². The van der Waals surface area contributed by atoms with E-state index in [0.717, 1.165) is 38.2 Å². The van der Waals surface area contributed by atoms with Crippen LogP contribution in [0.1, 0.15) is 55.8 Å². The summed E-state index contributed by atoms with van der Waals surface area (Å²) in [5.74, 6) is -1.44. The van der Waals surface area contributed by atoms with Gasteiger partial charge in [0.05, 0.1) is 11.6 Å². The van der Waals surface area contributed by atoms with Gasteiger partial charge in [-0.1, -0.05) is 31.2 Å². The average Bonchev–Trinajstić information content (AvgIpc) is 3.38. The molecule has 1 amide bonds. The summed E-state index contributed by atoms with van der Waals surface area (Å²) in [5, 5.41) is 3.00. The number of carbonyl (C=O) groups is 2. The zero-order valence-electron chi connectivity index (χ0n) is 20.2. The highest BCUT2D eigenvalue weighted by Crippen LogP contribution is 2.39. The number of amides is 1. The van der Waals surface area contributed by atoms with E-state index in [1.807, 2.05) is 6.92 Å². The number of Topliss-reactive ketones (excluding diaryl/α,β-unsaturated/α-hetero) is 1. The van der Waals surface area contributed by atoms with Crippen molar-refractivity contribution >= 4 is 17.3 Å². The van der Waals surface area contributed by atoms with Crippen LogP contribution in [0.2, 0.25) is 0 Å². The Bertz CT molecular complexity index is 1190. The Morgan fingerprint density at radius 3 is 2.69 bits per heavy atom. The third-order valence-corrected chi connectivity index (χ3v) is 7.71. The Morgan fingerprint density at radius 1 is 1.20 bits per heavy atom. The summed E-state index contributed by atoms with van der Waals surface area (Å²) in [4.78, 5) is 30.3. The molecule has 3 aliphatic rings. The van der Waals surface area contributed by atoms with Gasteiger partial charge in [-0.05, 0) is 62.2 Å². The summed E-state index contributed by atoms with van der Waals surface area (Å²) in [6.07, 6.45) is 2.57. The first-order valence-corrected chi connectivity index (χ1v) is 12.4. The number of nitrogens with zero attached hydrogens (tertiary/aromatic N) is 2. The quantitative estimate of drug-likeness (QED) is 0.638. The molecule has 0 spiro atoms. The normalized spacial score (nSPS) is 22.9. The minimum absolute atomic E-state index is 0.0443. The van der Waals surface area contributed by atoms with E-state index in [2.05, 4.69) is 22.0 Å². The summed E-state index contributed by atoms with van der Waals surface area (Å²) in [6.45, 7) is 7.21. The van der Waals surface area contributed by atoms with Crippen LogP contribution >= 0.6 is 0 Å². The number of nitrogens with one attached hydrogen (secondary N) is 1. The molecule has 2 fully saturated rings. The first-order valence-electron chi connectivity index (χ1n) is 12.4. The van der Waals surface area contributed by atoms with E-state index in [-0.39, 0.29) is 23.4 Å². The number of halogens is 2. The maximum atomic E-state index is 14.9. The molecular formula is C28H31F2N3O2. The van der Waals surface area contributed by atoms with E-state index >= 15 is 0 Å². The molecule has 0 aromatic heterocycles. The number of benzene rings is 2. The van der Waals surface area contributed by atoms with Crippen molar-refractivity contribution in [3.63, 3.8) is 0 Å². The molecule has 7 heteroatoms. The monoisotopic (exact) mass is 479 g/mol. The van der Waals surface area contributed by atoms with Crippen molar-refractivity contribution in [1.29, 1.82) is 0 Å². The Labute approximate surface area is 204 Å². The zero-order valence-corrected chi connectivity index (χ0v) is 20.2. The minimum Gasteiger partial charge on any atom is -0.368 e. The number of hydrogen-bond donors (Lipinski definition) is 1. The second kappa shape index (κ2) is 9.53. The van der Waals surface area contributed by atoms with E-state index in [1.54, 1.807) is 24.3 Å². The highest BCUT2D eigenvalue weighted by atomic mass is 19.1. The van der Waals surface area contributed by atoms with Crippen LogP contribution in [0.5, 0.6) is 0 Å². The van der Waals surface area contributed by atoms with Gasteiger partial charge in [-0.2, -0.15) is 0 Å². The van der Waals surface area contributed by atoms with Crippen LogP contribution in [0.25, 0.3) is 5.57 Å². The van der Waals surface area contributed by atoms with Crippen molar-refractivity contribution in [3.8, 4) is 0 Å². The van der Waals surface area contributed by atoms with Gasteiger partial charge < -0.3 is 10.2 Å². The standard InChI is InChI=1S/C28H31F2N3O2/c1-3-32-12-6-9-20(32)15-33-16-23-21(10-5-11-24(23)30)26(17(33)2)28(35)31-27(22-14-25(22)34)18-7-4-8-19(29)13-18/h4-5,7-8,10-11,13,20,22,27H,3,6,9,12,14-16H2,1-2H3,(H,31,35)/t20-,22?,27-/m1/s1. The molecule has 2 aliphatic heterocycles. The number of likely N-dealkylation sites (N-methyl/N-ethyl adjacent to an activating group) is 1. The summed E-state index contributed by atoms with van der Waals surface area (Å²) in [5.41, 5.74) is 2.86. The Morgan fingerprint density at radius 2 is 1.97 bits per heavy atom. The molecule has 184 valence electrons. The van der Waals surface area contributed by atoms with Gasteiger partial charge in [-0.25, -0.2) is 8.78 Å². The Hall–Kier alpha value is -3.06. The molecule has 2 aromatic carbocycles. The van der Waals surface area contributed by atoms with Gasteiger partial charge in [0, 0.05) is 42.7 Å². The second-order valence-corrected chi connectivity index (χ2v) is 9.81. The van der Waals surface area contributed by atoms with Crippen LogP contribution in [0, 0.1) is 17.6 Å². The Balaban J connectivity index is 1.49. The molecule has 1 saturated heterocycles. The highest BCUT2D eigenvalue weighted by Gasteiger charge is 2.44. The molecule has 1 unspecified atom stereocenters. The fourth-order valence-electron chi connectivity index (χ4n) is 5.67. The number of ketones is 1. The molecule has 5 nitrogen and oxygen atoms in total. The SMILES string of the molecule is CCN1CCC[C@@H]1CN1Cc2c(F)cccc2C(C(=O)N[C@H](c2cccc(F)c2)C2CC2=O)=C1C. The molecule has 2 heterocycles. The van der Waals surface area contributed by atoms with Crippen molar-refractivity contribution in [3.05, 3.63) is 76.5 Å². The Kier molecular flexibility index (Phi) is 6.45. The lowest BCUT2D eigenvalue weighted by atomic mass is 9.91. The fraction of sp³-hybridized carbons (Fsp3) is 0.429. The first-order chi connectivity index (χ1) is 16.9. The van der Waals surface area contributed by atoms with Crippen molar-refractivity contribution in [2.45, 2.75) is 51.7 Å². The summed E-state index contributed by atoms with van der Waals surface area (Å²) >= 11 is 0. The molecule has 1 N–H and O–H groups in total. The third kappa shape index (κ3) is 4.61. The van der Waals surface area contributed by atoms with Gasteiger partial charge in [0.25, 0.3) is 5.91 Å². The van der Waals surface area contributed by atoms with Gasteiger partial charge in [0.1, 0.15) is 17.4 Å². The van der Waals surface area contributed by atoms with E-state index in [9.17, 15) is 18.4 Å². The van der Waals surface area contributed by atoms with Crippen LogP contribution in [0.15, 0.2) is 48.2 Å². The summed E-state index contributed by atoms with van der Waals surface area (Å²) in [7, 11) is 0. The average molecular weight is 480 g/mol. The van der Waals surface area contributed by atoms with E-state index in [0.29, 0.717) is 41.3 Å². The molecule has 0 radical (unpaired) electrons. The summed E-state index contributed by atoms with van der Waals surface area (Å²) in [6, 6.07) is 10.6. The minimum atomic E-state index is -0.621. The van der Waals surface area contributed by atoms with E-state index in [4.69, 9.17) is 0 Å². The summed E-state index contributed by atoms with van der Waals surface area (Å²) < 4.78 is 28.9. The number of carbonyl (C=O) groups excluding carboxylic acids is 2. The largest absolute Gasteiger partial charge is 0.368 e. The zero-order chi connectivity index (χ0) is 24.7. The predicted octanol–water partition coefficient (Wildman–Crippen LogP) is 4.44. The first kappa shape index (κ1) is 23.7. The van der Waals surface area contributed by atoms with Crippen molar-refractivity contribution < 1.29 is 18.4 Å².